The van der Waals surface area contributed by atoms with Gasteiger partial charge in [0.2, 0.25) is 0 Å². The molecule has 0 fully saturated rings. The fourth-order valence-electron chi connectivity index (χ4n) is 3.81. The molecule has 0 spiro atoms. The number of aliphatic carboxylic acids is 1. The Hall–Kier alpha value is -3.82. The summed E-state index contributed by atoms with van der Waals surface area (Å²) >= 11 is 0. The molecule has 0 aliphatic rings. The van der Waals surface area contributed by atoms with Crippen LogP contribution in [0.1, 0.15) is 36.2 Å². The molecule has 9 heteroatoms. The highest BCUT2D eigenvalue weighted by atomic mass is 16.6. The summed E-state index contributed by atoms with van der Waals surface area (Å²) < 4.78 is 27.8. The smallest absolute Gasteiger partial charge is 0.341 e. The Balaban J connectivity index is 1.31. The summed E-state index contributed by atoms with van der Waals surface area (Å²) in [4.78, 5) is 22.4. The topological polar surface area (TPSA) is 121 Å². The van der Waals surface area contributed by atoms with Gasteiger partial charge in [0, 0.05) is 5.56 Å². The van der Waals surface area contributed by atoms with Crippen molar-refractivity contribution in [3.05, 3.63) is 59.7 Å². The number of benzene rings is 3. The molecule has 0 unspecified atom stereocenters. The number of carbonyl (C=O) groups excluding carboxylic acids is 1. The van der Waals surface area contributed by atoms with E-state index >= 15 is 0 Å². The molecule has 3 aromatic carbocycles. The average Bonchev–Trinajstić information content (AvgIpc) is 2.89. The van der Waals surface area contributed by atoms with Gasteiger partial charge in [-0.25, -0.2) is 4.79 Å². The predicted octanol–water partition coefficient (Wildman–Crippen LogP) is 4.65. The van der Waals surface area contributed by atoms with Crippen molar-refractivity contribution in [2.24, 2.45) is 0 Å². The van der Waals surface area contributed by atoms with E-state index in [9.17, 15) is 14.7 Å². The number of carboxylic acid groups (broad SMARTS) is 1. The number of fused-ring (bicyclic) bond motifs is 1. The predicted molar refractivity (Wildman–Crippen MR) is 142 cm³/mol. The summed E-state index contributed by atoms with van der Waals surface area (Å²) in [7, 11) is 0. The number of phenolic OH excluding ortho intramolecular Hbond substituents is 1. The molecule has 0 saturated heterocycles. The molecule has 0 atom stereocenters. The third-order valence-corrected chi connectivity index (χ3v) is 5.62. The lowest BCUT2D eigenvalue weighted by Gasteiger charge is -2.14. The van der Waals surface area contributed by atoms with Gasteiger partial charge >= 0.3 is 5.97 Å². The zero-order valence-electron chi connectivity index (χ0n) is 21.7. The van der Waals surface area contributed by atoms with Crippen molar-refractivity contribution in [2.75, 3.05) is 46.2 Å². The number of hydrogen-bond acceptors (Lipinski definition) is 8. The average molecular weight is 527 g/mol. The third-order valence-electron chi connectivity index (χ3n) is 5.62. The van der Waals surface area contributed by atoms with Crippen LogP contribution in [0.5, 0.6) is 23.0 Å². The third kappa shape index (κ3) is 8.64. The zero-order valence-corrected chi connectivity index (χ0v) is 21.7. The summed E-state index contributed by atoms with van der Waals surface area (Å²) in [5, 5.41) is 21.0. The zero-order chi connectivity index (χ0) is 27.3. The van der Waals surface area contributed by atoms with Gasteiger partial charge < -0.3 is 33.9 Å². The molecule has 0 aliphatic carbocycles. The van der Waals surface area contributed by atoms with Crippen LogP contribution in [0.2, 0.25) is 0 Å². The molecule has 204 valence electrons. The number of ketones is 1. The number of carboxylic acids is 1. The van der Waals surface area contributed by atoms with Crippen molar-refractivity contribution in [3.8, 4) is 23.0 Å². The highest BCUT2D eigenvalue weighted by Crippen LogP contribution is 2.33. The number of carbonyl (C=O) groups is 2. The van der Waals surface area contributed by atoms with Crippen LogP contribution < -0.4 is 14.2 Å². The quantitative estimate of drug-likeness (QED) is 0.191. The Labute approximate surface area is 221 Å². The molecule has 0 aliphatic heterocycles. The number of phenols is 1. The molecular weight excluding hydrogens is 492 g/mol. The highest BCUT2D eigenvalue weighted by molar-refractivity contribution is 5.97. The first kappa shape index (κ1) is 28.7. The molecule has 3 rings (SSSR count). The number of aromatic hydroxyl groups is 1. The van der Waals surface area contributed by atoms with E-state index in [-0.39, 0.29) is 11.5 Å². The monoisotopic (exact) mass is 526 g/mol. The van der Waals surface area contributed by atoms with Gasteiger partial charge in [0.25, 0.3) is 0 Å². The van der Waals surface area contributed by atoms with Gasteiger partial charge in [0.1, 0.15) is 36.2 Å². The van der Waals surface area contributed by atoms with E-state index in [2.05, 4.69) is 0 Å². The first-order valence-corrected chi connectivity index (χ1v) is 12.5. The minimum absolute atomic E-state index is 0.00779. The second-order valence-corrected chi connectivity index (χ2v) is 8.52. The van der Waals surface area contributed by atoms with E-state index in [0.717, 1.165) is 17.2 Å². The van der Waals surface area contributed by atoms with Crippen LogP contribution >= 0.6 is 0 Å². The summed E-state index contributed by atoms with van der Waals surface area (Å²) in [5.41, 5.74) is 0.942. The Morgan fingerprint density at radius 3 is 1.97 bits per heavy atom. The number of Topliss-reactive ketones (excluding diaryl/α,β-unsaturated/α-hetero) is 1. The van der Waals surface area contributed by atoms with Crippen molar-refractivity contribution in [3.63, 3.8) is 0 Å². The van der Waals surface area contributed by atoms with E-state index < -0.39 is 12.6 Å². The van der Waals surface area contributed by atoms with Crippen molar-refractivity contribution >= 4 is 22.5 Å². The van der Waals surface area contributed by atoms with Crippen LogP contribution in [-0.4, -0.2) is 68.2 Å². The van der Waals surface area contributed by atoms with Crippen molar-refractivity contribution in [1.82, 2.24) is 0 Å². The maximum atomic E-state index is 11.7. The molecule has 38 heavy (non-hydrogen) atoms. The number of rotatable bonds is 17. The fourth-order valence-corrected chi connectivity index (χ4v) is 3.81. The lowest BCUT2D eigenvalue weighted by molar-refractivity contribution is -0.139. The maximum absolute atomic E-state index is 11.7. The second kappa shape index (κ2) is 14.8. The van der Waals surface area contributed by atoms with Gasteiger partial charge in [0.15, 0.2) is 12.4 Å². The van der Waals surface area contributed by atoms with Gasteiger partial charge in [0.05, 0.1) is 32.0 Å². The summed E-state index contributed by atoms with van der Waals surface area (Å²) in [5.74, 6) is 0.498. The molecular formula is C29H34O9. The van der Waals surface area contributed by atoms with Crippen LogP contribution in [-0.2, 0) is 20.7 Å². The molecule has 0 heterocycles. The molecule has 0 aromatic heterocycles. The lowest BCUT2D eigenvalue weighted by atomic mass is 10.0. The number of hydrogen-bond donors (Lipinski definition) is 2. The highest BCUT2D eigenvalue weighted by Gasteiger charge is 2.15. The van der Waals surface area contributed by atoms with E-state index in [1.165, 1.54) is 6.92 Å². The molecule has 0 bridgehead atoms. The largest absolute Gasteiger partial charge is 0.507 e. The van der Waals surface area contributed by atoms with Gasteiger partial charge in [-0.3, -0.25) is 4.79 Å². The minimum atomic E-state index is -1.03. The van der Waals surface area contributed by atoms with Crippen molar-refractivity contribution in [1.29, 1.82) is 0 Å². The minimum Gasteiger partial charge on any atom is -0.507 e. The Kier molecular flexibility index (Phi) is 11.2. The summed E-state index contributed by atoms with van der Waals surface area (Å²) in [6.07, 6.45) is 1.43. The number of ether oxygens (including phenoxy) is 5. The first-order chi connectivity index (χ1) is 18.4. The fraction of sp³-hybridized carbons (Fsp3) is 0.379. The molecule has 9 nitrogen and oxygen atoms in total. The Bertz CT molecular complexity index is 1220. The standard InChI is InChI=1S/C29H34O9/c1-3-4-26-27(10-9-25(20(2)30)29(26)33)37-16-14-35-12-11-34-13-15-36-23-7-5-21-6-8-24(18-22(21)17-23)38-19-28(31)32/h5-10,17-18,33H,3-4,11-16,19H2,1-2H3,(H,31,32). The molecule has 0 amide bonds. The van der Waals surface area contributed by atoms with Gasteiger partial charge in [-0.2, -0.15) is 0 Å². The SMILES string of the molecule is CCCc1c(OCCOCCOCCOc2ccc3ccc(OCC(=O)O)cc3c2)ccc(C(C)=O)c1O. The summed E-state index contributed by atoms with van der Waals surface area (Å²) in [6.45, 7) is 5.25. The van der Waals surface area contributed by atoms with Crippen LogP contribution in [0, 0.1) is 0 Å². The Morgan fingerprint density at radius 2 is 1.37 bits per heavy atom. The maximum Gasteiger partial charge on any atom is 0.341 e. The summed E-state index contributed by atoms with van der Waals surface area (Å²) in [6, 6.07) is 14.3. The van der Waals surface area contributed by atoms with Gasteiger partial charge in [-0.05, 0) is 60.5 Å². The van der Waals surface area contributed by atoms with Gasteiger partial charge in [-0.15, -0.1) is 0 Å². The van der Waals surface area contributed by atoms with Crippen LogP contribution in [0.25, 0.3) is 10.8 Å². The molecule has 0 saturated carbocycles. The molecule has 3 aromatic rings. The van der Waals surface area contributed by atoms with Crippen LogP contribution in [0.4, 0.5) is 0 Å². The van der Waals surface area contributed by atoms with Crippen molar-refractivity contribution < 1.29 is 43.5 Å². The van der Waals surface area contributed by atoms with E-state index in [1.807, 2.05) is 31.2 Å². The van der Waals surface area contributed by atoms with E-state index in [1.54, 1.807) is 24.3 Å². The van der Waals surface area contributed by atoms with Crippen molar-refractivity contribution in [2.45, 2.75) is 26.7 Å². The normalized spacial score (nSPS) is 10.9. The molecule has 0 radical (unpaired) electrons. The van der Waals surface area contributed by atoms with Crippen LogP contribution in [0.3, 0.4) is 0 Å². The van der Waals surface area contributed by atoms with Crippen LogP contribution in [0.15, 0.2) is 48.5 Å². The first-order valence-electron chi connectivity index (χ1n) is 12.5. The second-order valence-electron chi connectivity index (χ2n) is 8.52. The molecule has 2 N–H and O–H groups in total. The van der Waals surface area contributed by atoms with E-state index in [4.69, 9.17) is 28.8 Å². The lowest BCUT2D eigenvalue weighted by Crippen LogP contribution is -2.14. The Morgan fingerprint density at radius 1 is 0.763 bits per heavy atom. The van der Waals surface area contributed by atoms with Gasteiger partial charge in [-0.1, -0.05) is 25.5 Å². The van der Waals surface area contributed by atoms with E-state index in [0.29, 0.717) is 74.4 Å².